The van der Waals surface area contributed by atoms with Crippen molar-refractivity contribution in [3.8, 4) is 17.2 Å². The van der Waals surface area contributed by atoms with Gasteiger partial charge in [0, 0.05) is 48.3 Å². The number of likely N-dealkylation sites (tertiary alicyclic amines) is 1. The lowest BCUT2D eigenvalue weighted by Crippen LogP contribution is -2.46. The van der Waals surface area contributed by atoms with Crippen molar-refractivity contribution in [3.63, 3.8) is 0 Å². The molecule has 1 saturated heterocycles. The number of hydrogen-bond donors (Lipinski definition) is 2. The van der Waals surface area contributed by atoms with Crippen molar-refractivity contribution in [2.45, 2.75) is 38.5 Å². The number of anilines is 1. The molecule has 1 heterocycles. The molecule has 202 valence electrons. The van der Waals surface area contributed by atoms with Gasteiger partial charge in [0.2, 0.25) is 11.8 Å². The first-order valence-corrected chi connectivity index (χ1v) is 13.5. The molecule has 4 rings (SSSR count). The van der Waals surface area contributed by atoms with Crippen LogP contribution in [0.4, 0.5) is 5.69 Å². The van der Waals surface area contributed by atoms with Crippen molar-refractivity contribution in [2.75, 3.05) is 25.0 Å². The predicted octanol–water partition coefficient (Wildman–Crippen LogP) is 5.34. The van der Waals surface area contributed by atoms with E-state index < -0.39 is 6.04 Å². The van der Waals surface area contributed by atoms with E-state index in [2.05, 4.69) is 16.3 Å². The third-order valence-corrected chi connectivity index (χ3v) is 7.26. The number of aliphatic hydroxyl groups excluding tert-OH is 1. The molecule has 7 nitrogen and oxygen atoms in total. The van der Waals surface area contributed by atoms with E-state index in [0.717, 1.165) is 23.2 Å². The fourth-order valence-corrected chi connectivity index (χ4v) is 5.16. The molecule has 0 aliphatic carbocycles. The standard InChI is InChI=1S/C30H30Cl2N4O3/c1-20(30(39)34-27-15-25(31)14-26(32)16-27)36(29(38)10-12-35-11-9-28(37)19-35)18-21-5-7-23(8-6-21)24-4-2-3-22(13-24)17-33/h2-8,13-16,20,28,37H,9-12,18-19H2,1H3,(H,34,39)/t20?,28-/m0/s1. The minimum Gasteiger partial charge on any atom is -0.392 e. The van der Waals surface area contributed by atoms with E-state index in [0.29, 0.717) is 40.8 Å². The summed E-state index contributed by atoms with van der Waals surface area (Å²) >= 11 is 12.2. The van der Waals surface area contributed by atoms with Crippen LogP contribution in [-0.2, 0) is 16.1 Å². The van der Waals surface area contributed by atoms with Gasteiger partial charge in [-0.15, -0.1) is 0 Å². The molecule has 9 heteroatoms. The van der Waals surface area contributed by atoms with Gasteiger partial charge in [0.15, 0.2) is 0 Å². The van der Waals surface area contributed by atoms with Crippen molar-refractivity contribution in [2.24, 2.45) is 0 Å². The number of hydrogen-bond acceptors (Lipinski definition) is 5. The van der Waals surface area contributed by atoms with Gasteiger partial charge >= 0.3 is 0 Å². The zero-order chi connectivity index (χ0) is 27.9. The highest BCUT2D eigenvalue weighted by atomic mass is 35.5. The first-order valence-electron chi connectivity index (χ1n) is 12.8. The number of benzene rings is 3. The smallest absolute Gasteiger partial charge is 0.246 e. The molecule has 1 fully saturated rings. The first kappa shape index (κ1) is 28.6. The normalized spacial score (nSPS) is 15.9. The number of nitrogens with one attached hydrogen (secondary N) is 1. The average molecular weight is 566 g/mol. The summed E-state index contributed by atoms with van der Waals surface area (Å²) in [5.41, 5.74) is 3.77. The van der Waals surface area contributed by atoms with Gasteiger partial charge in [-0.2, -0.15) is 5.26 Å². The second-order valence-corrected chi connectivity index (χ2v) is 10.6. The van der Waals surface area contributed by atoms with Crippen LogP contribution < -0.4 is 5.32 Å². The number of halogens is 2. The molecule has 0 bridgehead atoms. The number of rotatable bonds is 9. The lowest BCUT2D eigenvalue weighted by molar-refractivity contribution is -0.139. The summed E-state index contributed by atoms with van der Waals surface area (Å²) in [5, 5.41) is 22.6. The van der Waals surface area contributed by atoms with Gasteiger partial charge in [-0.1, -0.05) is 59.6 Å². The Morgan fingerprint density at radius 3 is 2.46 bits per heavy atom. The largest absolute Gasteiger partial charge is 0.392 e. The van der Waals surface area contributed by atoms with E-state index in [9.17, 15) is 20.0 Å². The molecule has 2 amide bonds. The summed E-state index contributed by atoms with van der Waals surface area (Å²) in [5.74, 6) is -0.516. The highest BCUT2D eigenvalue weighted by molar-refractivity contribution is 6.35. The third-order valence-electron chi connectivity index (χ3n) is 6.82. The molecule has 0 spiro atoms. The van der Waals surface area contributed by atoms with E-state index in [1.807, 2.05) is 42.5 Å². The molecule has 3 aromatic rings. The van der Waals surface area contributed by atoms with Crippen LogP contribution in [0.5, 0.6) is 0 Å². The van der Waals surface area contributed by atoms with Crippen LogP contribution in [0.15, 0.2) is 66.7 Å². The Kier molecular flexibility index (Phi) is 9.60. The lowest BCUT2D eigenvalue weighted by atomic mass is 10.0. The van der Waals surface area contributed by atoms with Gasteiger partial charge < -0.3 is 20.2 Å². The Morgan fingerprint density at radius 1 is 1.10 bits per heavy atom. The lowest BCUT2D eigenvalue weighted by Gasteiger charge is -2.29. The number of nitrogens with zero attached hydrogens (tertiary/aromatic N) is 3. The monoisotopic (exact) mass is 564 g/mol. The summed E-state index contributed by atoms with van der Waals surface area (Å²) in [6.07, 6.45) is 0.562. The zero-order valence-electron chi connectivity index (χ0n) is 21.6. The maximum Gasteiger partial charge on any atom is 0.246 e. The van der Waals surface area contributed by atoms with E-state index in [1.54, 1.807) is 36.1 Å². The van der Waals surface area contributed by atoms with Crippen LogP contribution in [0.25, 0.3) is 11.1 Å². The van der Waals surface area contributed by atoms with Crippen LogP contribution in [0, 0.1) is 11.3 Å². The van der Waals surface area contributed by atoms with E-state index in [-0.39, 0.29) is 30.9 Å². The maximum atomic E-state index is 13.4. The Hall–Kier alpha value is -3.41. The molecule has 1 aliphatic heterocycles. The maximum absolute atomic E-state index is 13.4. The number of nitriles is 1. The number of β-amino-alcohol motifs (C(OH)–C–C–N with tert-alkyl or cyclic N) is 1. The van der Waals surface area contributed by atoms with Gasteiger partial charge in [0.1, 0.15) is 6.04 Å². The quantitative estimate of drug-likeness (QED) is 0.365. The zero-order valence-corrected chi connectivity index (χ0v) is 23.1. The molecule has 2 N–H and O–H groups in total. The minimum atomic E-state index is -0.772. The molecule has 3 aromatic carbocycles. The fraction of sp³-hybridized carbons (Fsp3) is 0.300. The highest BCUT2D eigenvalue weighted by Gasteiger charge is 2.28. The van der Waals surface area contributed by atoms with Crippen molar-refractivity contribution in [1.29, 1.82) is 5.26 Å². The van der Waals surface area contributed by atoms with Crippen molar-refractivity contribution < 1.29 is 14.7 Å². The summed E-state index contributed by atoms with van der Waals surface area (Å²) in [7, 11) is 0. The van der Waals surface area contributed by atoms with Crippen LogP contribution in [0.2, 0.25) is 10.0 Å². The summed E-state index contributed by atoms with van der Waals surface area (Å²) in [6, 6.07) is 21.3. The Labute approximate surface area is 238 Å². The topological polar surface area (TPSA) is 96.7 Å². The molecule has 0 aromatic heterocycles. The van der Waals surface area contributed by atoms with Gasteiger partial charge in [-0.3, -0.25) is 9.59 Å². The minimum absolute atomic E-state index is 0.158. The second-order valence-electron chi connectivity index (χ2n) is 9.73. The SMILES string of the molecule is CC(C(=O)Nc1cc(Cl)cc(Cl)c1)N(Cc1ccc(-c2cccc(C#N)c2)cc1)C(=O)CCN1CC[C@H](O)C1. The number of aliphatic hydroxyl groups is 1. The van der Waals surface area contributed by atoms with Crippen molar-refractivity contribution >= 4 is 40.7 Å². The molecule has 1 unspecified atom stereocenters. The van der Waals surface area contributed by atoms with E-state index >= 15 is 0 Å². The first-order chi connectivity index (χ1) is 18.7. The molecule has 0 saturated carbocycles. The van der Waals surface area contributed by atoms with Gasteiger partial charge in [-0.25, -0.2) is 0 Å². The van der Waals surface area contributed by atoms with Crippen LogP contribution in [0.3, 0.4) is 0 Å². The number of carbonyl (C=O) groups is 2. The molecule has 0 radical (unpaired) electrons. The Bertz CT molecular complexity index is 1350. The second kappa shape index (κ2) is 13.1. The number of carbonyl (C=O) groups excluding carboxylic acids is 2. The third kappa shape index (κ3) is 7.81. The van der Waals surface area contributed by atoms with Gasteiger partial charge in [0.05, 0.1) is 17.7 Å². The molecule has 39 heavy (non-hydrogen) atoms. The summed E-state index contributed by atoms with van der Waals surface area (Å²) in [6.45, 7) is 3.74. The van der Waals surface area contributed by atoms with E-state index in [1.165, 1.54) is 0 Å². The molecular weight excluding hydrogens is 535 g/mol. The predicted molar refractivity (Wildman–Crippen MR) is 153 cm³/mol. The van der Waals surface area contributed by atoms with Crippen LogP contribution in [-0.4, -0.2) is 58.5 Å². The molecule has 1 aliphatic rings. The van der Waals surface area contributed by atoms with Gasteiger partial charge in [0.25, 0.3) is 0 Å². The summed E-state index contributed by atoms with van der Waals surface area (Å²) < 4.78 is 0. The van der Waals surface area contributed by atoms with Crippen LogP contribution in [0.1, 0.15) is 30.9 Å². The summed E-state index contributed by atoms with van der Waals surface area (Å²) in [4.78, 5) is 30.3. The van der Waals surface area contributed by atoms with Gasteiger partial charge in [-0.05, 0) is 60.4 Å². The Balaban J connectivity index is 1.51. The van der Waals surface area contributed by atoms with E-state index in [4.69, 9.17) is 23.2 Å². The fourth-order valence-electron chi connectivity index (χ4n) is 4.64. The molecular formula is C30H30Cl2N4O3. The average Bonchev–Trinajstić information content (AvgIpc) is 3.34. The van der Waals surface area contributed by atoms with Crippen LogP contribution >= 0.6 is 23.2 Å². The molecule has 2 atom stereocenters. The van der Waals surface area contributed by atoms with Crippen molar-refractivity contribution in [3.05, 3.63) is 87.9 Å². The highest BCUT2D eigenvalue weighted by Crippen LogP contribution is 2.24. The number of amides is 2. The van der Waals surface area contributed by atoms with Crippen molar-refractivity contribution in [1.82, 2.24) is 9.80 Å². The Morgan fingerprint density at radius 2 is 1.82 bits per heavy atom.